The van der Waals surface area contributed by atoms with Gasteiger partial charge in [-0.15, -0.1) is 0 Å². The molecule has 200 valence electrons. The number of rotatable bonds is 5. The van der Waals surface area contributed by atoms with Crippen molar-refractivity contribution in [1.82, 2.24) is 34.4 Å². The number of nitrogen functional groups attached to an aromatic ring is 1. The predicted octanol–water partition coefficient (Wildman–Crippen LogP) is 3.80. The van der Waals surface area contributed by atoms with Crippen molar-refractivity contribution in [1.29, 1.82) is 0 Å². The number of nitrogens with one attached hydrogen (secondary N) is 1. The van der Waals surface area contributed by atoms with Crippen LogP contribution in [-0.2, 0) is 16.1 Å². The Morgan fingerprint density at radius 3 is 2.80 bits per heavy atom. The number of nitrogens with two attached hydrogens (primary N) is 1. The van der Waals surface area contributed by atoms with Gasteiger partial charge in [0, 0.05) is 24.0 Å². The minimum atomic E-state index is -0.597. The zero-order valence-corrected chi connectivity index (χ0v) is 23.0. The molecule has 0 unspecified atom stereocenters. The summed E-state index contributed by atoms with van der Waals surface area (Å²) in [4.78, 5) is 51.1. The minimum Gasteiger partial charge on any atom is -0.383 e. The fourth-order valence-electron chi connectivity index (χ4n) is 5.89. The Morgan fingerprint density at radius 1 is 1.12 bits per heavy atom. The molecular formula is C28H24BrN9O2. The lowest BCUT2D eigenvalue weighted by molar-refractivity contribution is -0.138. The molecule has 12 heteroatoms. The van der Waals surface area contributed by atoms with E-state index in [1.807, 2.05) is 28.8 Å². The maximum absolute atomic E-state index is 14.0. The molecule has 0 radical (unpaired) electrons. The molecule has 5 aromatic rings. The number of anilines is 2. The Hall–Kier alpha value is -4.45. The monoisotopic (exact) mass is 597 g/mol. The lowest BCUT2D eigenvalue weighted by Crippen LogP contribution is -2.46. The van der Waals surface area contributed by atoms with Gasteiger partial charge in [-0.25, -0.2) is 19.9 Å². The van der Waals surface area contributed by atoms with E-state index in [-0.39, 0.29) is 35.6 Å². The van der Waals surface area contributed by atoms with Crippen molar-refractivity contribution in [2.75, 3.05) is 11.1 Å². The Kier molecular flexibility index (Phi) is 5.56. The summed E-state index contributed by atoms with van der Waals surface area (Å²) in [5.74, 6) is 0.305. The largest absolute Gasteiger partial charge is 0.383 e. The Labute approximate surface area is 237 Å². The molecule has 2 amide bonds. The van der Waals surface area contributed by atoms with Gasteiger partial charge in [0.15, 0.2) is 0 Å². The molecule has 6 heterocycles. The third-order valence-electron chi connectivity index (χ3n) is 7.96. The van der Waals surface area contributed by atoms with Gasteiger partial charge in [0.05, 0.1) is 16.6 Å². The fraction of sp³-hybridized carbons (Fsp3) is 0.250. The van der Waals surface area contributed by atoms with Crippen molar-refractivity contribution in [3.05, 3.63) is 65.8 Å². The molecule has 1 aliphatic carbocycles. The molecule has 5 aromatic heterocycles. The molecule has 0 bridgehead atoms. The molecule has 1 saturated heterocycles. The van der Waals surface area contributed by atoms with Crippen LogP contribution in [-0.4, -0.2) is 58.3 Å². The van der Waals surface area contributed by atoms with Gasteiger partial charge in [-0.05, 0) is 70.6 Å². The number of halogens is 1. The molecule has 3 atom stereocenters. The number of piperidine rings is 1. The van der Waals surface area contributed by atoms with Gasteiger partial charge >= 0.3 is 0 Å². The molecule has 3 N–H and O–H groups in total. The Balaban J connectivity index is 1.24. The van der Waals surface area contributed by atoms with Gasteiger partial charge in [0.2, 0.25) is 11.8 Å². The molecule has 1 saturated carbocycles. The van der Waals surface area contributed by atoms with Gasteiger partial charge in [-0.3, -0.25) is 14.6 Å². The van der Waals surface area contributed by atoms with E-state index in [1.54, 1.807) is 35.5 Å². The van der Waals surface area contributed by atoms with E-state index < -0.39 is 6.04 Å². The highest BCUT2D eigenvalue weighted by Crippen LogP contribution is 2.59. The zero-order valence-electron chi connectivity index (χ0n) is 21.5. The van der Waals surface area contributed by atoms with Crippen LogP contribution >= 0.6 is 15.9 Å². The van der Waals surface area contributed by atoms with E-state index in [0.717, 1.165) is 17.7 Å². The maximum atomic E-state index is 14.0. The first-order chi connectivity index (χ1) is 19.3. The number of carbonyl (C=O) groups excluding carboxylic acids is 2. The number of amides is 2. The Morgan fingerprint density at radius 2 is 2.00 bits per heavy atom. The highest BCUT2D eigenvalue weighted by atomic mass is 79.9. The van der Waals surface area contributed by atoms with Crippen molar-refractivity contribution in [2.24, 2.45) is 5.41 Å². The van der Waals surface area contributed by atoms with Crippen molar-refractivity contribution < 1.29 is 9.59 Å². The summed E-state index contributed by atoms with van der Waals surface area (Å²) in [6.45, 7) is 2.11. The van der Waals surface area contributed by atoms with E-state index in [1.165, 1.54) is 6.33 Å². The smallest absolute Gasteiger partial charge is 0.248 e. The molecule has 2 fully saturated rings. The van der Waals surface area contributed by atoms with Crippen LogP contribution in [0.25, 0.3) is 33.3 Å². The van der Waals surface area contributed by atoms with Gasteiger partial charge in [0.1, 0.15) is 46.3 Å². The van der Waals surface area contributed by atoms with Gasteiger partial charge < -0.3 is 20.5 Å². The number of pyridine rings is 3. The first-order valence-corrected chi connectivity index (χ1v) is 13.7. The number of likely N-dealkylation sites (tertiary alicyclic amines) is 1. The van der Waals surface area contributed by atoms with Crippen LogP contribution in [0.3, 0.4) is 0 Å². The summed E-state index contributed by atoms with van der Waals surface area (Å²) < 4.78 is 2.43. The summed E-state index contributed by atoms with van der Waals surface area (Å²) >= 11 is 3.33. The number of fused-ring (bicyclic) bond motifs is 4. The predicted molar refractivity (Wildman–Crippen MR) is 153 cm³/mol. The molecule has 40 heavy (non-hydrogen) atoms. The second-order valence-electron chi connectivity index (χ2n) is 10.6. The van der Waals surface area contributed by atoms with Crippen molar-refractivity contribution >= 4 is 61.4 Å². The third-order valence-corrected chi connectivity index (χ3v) is 8.40. The summed E-state index contributed by atoms with van der Waals surface area (Å²) in [5.41, 5.74) is 9.63. The van der Waals surface area contributed by atoms with E-state index in [0.29, 0.717) is 38.9 Å². The Bertz CT molecular complexity index is 1830. The quantitative estimate of drug-likeness (QED) is 0.291. The van der Waals surface area contributed by atoms with Crippen LogP contribution in [0.15, 0.2) is 65.8 Å². The van der Waals surface area contributed by atoms with Crippen LogP contribution in [0.1, 0.15) is 19.8 Å². The van der Waals surface area contributed by atoms with Crippen molar-refractivity contribution in [2.45, 2.75) is 38.4 Å². The van der Waals surface area contributed by atoms with E-state index >= 15 is 0 Å². The SMILES string of the molecule is C[C@@]12C[C@@H](C(=O)Nc3cccc(Br)n3)N(C(=O)Cn3c4ccc(-c5cccnc5)nc4c4c(N)ncnc43)[C@@H]1C2. The fourth-order valence-corrected chi connectivity index (χ4v) is 6.23. The van der Waals surface area contributed by atoms with Gasteiger partial charge in [-0.1, -0.05) is 13.0 Å². The van der Waals surface area contributed by atoms with Crippen LogP contribution in [0.4, 0.5) is 11.6 Å². The average molecular weight is 598 g/mol. The van der Waals surface area contributed by atoms with E-state index in [4.69, 9.17) is 10.7 Å². The highest BCUT2D eigenvalue weighted by molar-refractivity contribution is 9.10. The second-order valence-corrected chi connectivity index (χ2v) is 11.4. The van der Waals surface area contributed by atoms with Crippen LogP contribution in [0.5, 0.6) is 0 Å². The van der Waals surface area contributed by atoms with Crippen molar-refractivity contribution in [3.63, 3.8) is 0 Å². The number of carbonyl (C=O) groups is 2. The molecule has 11 nitrogen and oxygen atoms in total. The molecule has 0 aromatic carbocycles. The van der Waals surface area contributed by atoms with Crippen LogP contribution < -0.4 is 11.1 Å². The van der Waals surface area contributed by atoms with Crippen LogP contribution in [0.2, 0.25) is 0 Å². The summed E-state index contributed by atoms with van der Waals surface area (Å²) in [5, 5.41) is 3.47. The van der Waals surface area contributed by atoms with Gasteiger partial charge in [0.25, 0.3) is 0 Å². The number of nitrogens with zero attached hydrogens (tertiary/aromatic N) is 7. The standard InChI is InChI=1S/C28H24BrN9O2/c1-28-10-18(27(40)36-21-6-2-5-20(29)35-21)38(19(28)11-28)22(39)13-37-17-8-7-16(15-4-3-9-31-12-15)34-24(17)23-25(30)32-14-33-26(23)37/h2-9,12,14,18-19H,10-11,13H2,1H3,(H2,30,32,33)(H,35,36,40)/t18-,19+,28-/m0/s1. The highest BCUT2D eigenvalue weighted by Gasteiger charge is 2.64. The lowest BCUT2D eigenvalue weighted by atomic mass is 10.0. The number of aromatic nitrogens is 6. The van der Waals surface area contributed by atoms with Gasteiger partial charge in [-0.2, -0.15) is 0 Å². The first-order valence-electron chi connectivity index (χ1n) is 12.9. The zero-order chi connectivity index (χ0) is 27.6. The molecule has 0 spiro atoms. The summed E-state index contributed by atoms with van der Waals surface area (Å²) in [7, 11) is 0. The van der Waals surface area contributed by atoms with E-state index in [2.05, 4.69) is 48.1 Å². The number of hydrogen-bond donors (Lipinski definition) is 2. The lowest BCUT2D eigenvalue weighted by Gasteiger charge is -2.27. The molecular weight excluding hydrogens is 574 g/mol. The second kappa shape index (κ2) is 9.05. The summed E-state index contributed by atoms with van der Waals surface area (Å²) in [6, 6.07) is 12.3. The first kappa shape index (κ1) is 24.6. The van der Waals surface area contributed by atoms with E-state index in [9.17, 15) is 9.59 Å². The molecule has 7 rings (SSSR count). The molecule has 2 aliphatic rings. The average Bonchev–Trinajstić information content (AvgIpc) is 3.35. The third kappa shape index (κ3) is 3.98. The summed E-state index contributed by atoms with van der Waals surface area (Å²) in [6.07, 6.45) is 6.30. The molecule has 1 aliphatic heterocycles. The number of hydrogen-bond acceptors (Lipinski definition) is 8. The topological polar surface area (TPSA) is 145 Å². The van der Waals surface area contributed by atoms with Crippen molar-refractivity contribution in [3.8, 4) is 11.3 Å². The van der Waals surface area contributed by atoms with Crippen LogP contribution in [0, 0.1) is 5.41 Å². The maximum Gasteiger partial charge on any atom is 0.248 e. The minimum absolute atomic E-state index is 0.00862. The normalized spacial score (nSPS) is 21.5.